The molecule has 0 saturated carbocycles. The lowest BCUT2D eigenvalue weighted by molar-refractivity contribution is 0.301. The zero-order valence-electron chi connectivity index (χ0n) is 12.3. The van der Waals surface area contributed by atoms with Gasteiger partial charge in [0.05, 0.1) is 6.61 Å². The highest BCUT2D eigenvalue weighted by atomic mass is 16.3. The molecular formula is C14H26N4O. The molecule has 0 spiro atoms. The van der Waals surface area contributed by atoms with Crippen molar-refractivity contribution >= 4 is 11.6 Å². The number of rotatable bonds is 9. The van der Waals surface area contributed by atoms with Gasteiger partial charge in [0.1, 0.15) is 17.5 Å². The number of nitrogens with zero attached hydrogens (tertiary/aromatic N) is 3. The highest BCUT2D eigenvalue weighted by Gasteiger charge is 2.10. The molecule has 0 amide bonds. The predicted molar refractivity (Wildman–Crippen MR) is 79.8 cm³/mol. The van der Waals surface area contributed by atoms with Crippen molar-refractivity contribution in [2.45, 2.75) is 40.0 Å². The van der Waals surface area contributed by atoms with Crippen molar-refractivity contribution in [1.82, 2.24) is 9.97 Å². The summed E-state index contributed by atoms with van der Waals surface area (Å²) in [6.07, 6.45) is 2.94. The van der Waals surface area contributed by atoms with Gasteiger partial charge in [-0.15, -0.1) is 0 Å². The molecule has 1 heterocycles. The van der Waals surface area contributed by atoms with Gasteiger partial charge in [0.25, 0.3) is 0 Å². The van der Waals surface area contributed by atoms with Crippen molar-refractivity contribution in [2.75, 3.05) is 36.5 Å². The molecule has 19 heavy (non-hydrogen) atoms. The second-order valence-corrected chi connectivity index (χ2v) is 4.52. The summed E-state index contributed by atoms with van der Waals surface area (Å²) in [4.78, 5) is 11.2. The summed E-state index contributed by atoms with van der Waals surface area (Å²) in [5.74, 6) is 2.65. The van der Waals surface area contributed by atoms with Gasteiger partial charge in [-0.2, -0.15) is 0 Å². The average Bonchev–Trinajstić information content (AvgIpc) is 2.39. The van der Waals surface area contributed by atoms with Crippen LogP contribution in [0.3, 0.4) is 0 Å². The van der Waals surface area contributed by atoms with E-state index in [2.05, 4.69) is 41.0 Å². The number of aromatic nitrogens is 2. The Labute approximate surface area is 116 Å². The third-order valence-corrected chi connectivity index (χ3v) is 2.78. The number of aliphatic hydroxyl groups is 1. The molecule has 0 unspecified atom stereocenters. The second-order valence-electron chi connectivity index (χ2n) is 4.52. The first kappa shape index (κ1) is 15.7. The molecule has 0 fully saturated rings. The minimum Gasteiger partial charge on any atom is -0.395 e. The van der Waals surface area contributed by atoms with Crippen LogP contribution in [-0.2, 0) is 6.42 Å². The molecule has 0 saturated heterocycles. The van der Waals surface area contributed by atoms with Gasteiger partial charge in [0.15, 0.2) is 0 Å². The topological polar surface area (TPSA) is 61.3 Å². The van der Waals surface area contributed by atoms with Crippen molar-refractivity contribution in [2.24, 2.45) is 0 Å². The van der Waals surface area contributed by atoms with Crippen LogP contribution in [0.5, 0.6) is 0 Å². The molecular weight excluding hydrogens is 240 g/mol. The van der Waals surface area contributed by atoms with Crippen LogP contribution >= 0.6 is 0 Å². The lowest BCUT2D eigenvalue weighted by Crippen LogP contribution is -2.28. The van der Waals surface area contributed by atoms with Gasteiger partial charge in [-0.25, -0.2) is 9.97 Å². The highest BCUT2D eigenvalue weighted by Crippen LogP contribution is 2.17. The van der Waals surface area contributed by atoms with Crippen LogP contribution in [0.25, 0.3) is 0 Å². The van der Waals surface area contributed by atoms with E-state index in [0.717, 1.165) is 49.8 Å². The molecule has 0 aliphatic carbocycles. The molecule has 0 aliphatic heterocycles. The molecule has 108 valence electrons. The van der Waals surface area contributed by atoms with Crippen molar-refractivity contribution in [3.63, 3.8) is 0 Å². The van der Waals surface area contributed by atoms with E-state index in [4.69, 9.17) is 5.11 Å². The number of hydrogen-bond donors (Lipinski definition) is 2. The Morgan fingerprint density at radius 2 is 1.95 bits per heavy atom. The summed E-state index contributed by atoms with van der Waals surface area (Å²) in [7, 11) is 0. The molecule has 1 aromatic rings. The first-order valence-electron chi connectivity index (χ1n) is 7.22. The number of hydrogen-bond acceptors (Lipinski definition) is 5. The van der Waals surface area contributed by atoms with Gasteiger partial charge in [0.2, 0.25) is 0 Å². The lowest BCUT2D eigenvalue weighted by atomic mass is 10.3. The fraction of sp³-hybridized carbons (Fsp3) is 0.714. The van der Waals surface area contributed by atoms with Crippen LogP contribution in [-0.4, -0.2) is 41.3 Å². The standard InChI is InChI=1S/C14H26N4O/c1-4-7-12-16-13(15-6-3)11-14(17-12)18(8-5-2)9-10-19/h11,19H,4-10H2,1-3H3,(H,15,16,17). The minimum atomic E-state index is 0.143. The molecule has 1 aromatic heterocycles. The molecule has 5 heteroatoms. The Hall–Kier alpha value is -1.36. The Kier molecular flexibility index (Phi) is 7.18. The number of anilines is 2. The van der Waals surface area contributed by atoms with Gasteiger partial charge >= 0.3 is 0 Å². The molecule has 0 aromatic carbocycles. The van der Waals surface area contributed by atoms with Crippen LogP contribution in [0.2, 0.25) is 0 Å². The van der Waals surface area contributed by atoms with E-state index in [-0.39, 0.29) is 6.61 Å². The Morgan fingerprint density at radius 3 is 2.53 bits per heavy atom. The van der Waals surface area contributed by atoms with Gasteiger partial charge in [-0.3, -0.25) is 0 Å². The third kappa shape index (κ3) is 5.03. The Bertz CT molecular complexity index is 340. The zero-order valence-corrected chi connectivity index (χ0v) is 12.3. The highest BCUT2D eigenvalue weighted by molar-refractivity contribution is 5.49. The van der Waals surface area contributed by atoms with Crippen LogP contribution in [0, 0.1) is 0 Å². The molecule has 2 N–H and O–H groups in total. The smallest absolute Gasteiger partial charge is 0.134 e. The SMILES string of the molecule is CCCc1nc(NCC)cc(N(CCC)CCO)n1. The predicted octanol–water partition coefficient (Wildman–Crippen LogP) is 2.07. The van der Waals surface area contributed by atoms with Gasteiger partial charge < -0.3 is 15.3 Å². The summed E-state index contributed by atoms with van der Waals surface area (Å²) in [6, 6.07) is 1.97. The second kappa shape index (κ2) is 8.69. The first-order valence-corrected chi connectivity index (χ1v) is 7.22. The minimum absolute atomic E-state index is 0.143. The first-order chi connectivity index (χ1) is 9.24. The number of nitrogens with one attached hydrogen (secondary N) is 1. The maximum Gasteiger partial charge on any atom is 0.134 e. The van der Waals surface area contributed by atoms with E-state index in [1.54, 1.807) is 0 Å². The zero-order chi connectivity index (χ0) is 14.1. The van der Waals surface area contributed by atoms with Crippen molar-refractivity contribution in [1.29, 1.82) is 0 Å². The van der Waals surface area contributed by atoms with Crippen molar-refractivity contribution in [3.05, 3.63) is 11.9 Å². The fourth-order valence-electron chi connectivity index (χ4n) is 1.98. The Balaban J connectivity index is 3.00. The maximum absolute atomic E-state index is 9.17. The van der Waals surface area contributed by atoms with E-state index in [0.29, 0.717) is 6.54 Å². The van der Waals surface area contributed by atoms with Crippen LogP contribution in [0.1, 0.15) is 39.4 Å². The van der Waals surface area contributed by atoms with Crippen LogP contribution in [0.4, 0.5) is 11.6 Å². The molecule has 0 radical (unpaired) electrons. The molecule has 0 bridgehead atoms. The summed E-state index contributed by atoms with van der Waals surface area (Å²) < 4.78 is 0. The van der Waals surface area contributed by atoms with Crippen molar-refractivity contribution in [3.8, 4) is 0 Å². The number of aryl methyl sites for hydroxylation is 1. The molecule has 0 aliphatic rings. The molecule has 5 nitrogen and oxygen atoms in total. The summed E-state index contributed by atoms with van der Waals surface area (Å²) in [5, 5.41) is 12.4. The molecule has 1 rings (SSSR count). The van der Waals surface area contributed by atoms with E-state index in [1.807, 2.05) is 6.07 Å². The maximum atomic E-state index is 9.17. The summed E-state index contributed by atoms with van der Waals surface area (Å²) in [5.41, 5.74) is 0. The lowest BCUT2D eigenvalue weighted by Gasteiger charge is -2.23. The van der Waals surface area contributed by atoms with E-state index < -0.39 is 0 Å². The van der Waals surface area contributed by atoms with Gasteiger partial charge in [-0.05, 0) is 19.8 Å². The van der Waals surface area contributed by atoms with Crippen LogP contribution < -0.4 is 10.2 Å². The largest absolute Gasteiger partial charge is 0.395 e. The monoisotopic (exact) mass is 266 g/mol. The normalized spacial score (nSPS) is 10.5. The van der Waals surface area contributed by atoms with E-state index in [1.165, 1.54) is 0 Å². The van der Waals surface area contributed by atoms with Crippen molar-refractivity contribution < 1.29 is 5.11 Å². The van der Waals surface area contributed by atoms with E-state index in [9.17, 15) is 0 Å². The van der Waals surface area contributed by atoms with Crippen LogP contribution in [0.15, 0.2) is 6.07 Å². The van der Waals surface area contributed by atoms with Gasteiger partial charge in [-0.1, -0.05) is 13.8 Å². The van der Waals surface area contributed by atoms with E-state index >= 15 is 0 Å². The average molecular weight is 266 g/mol. The fourth-order valence-corrected chi connectivity index (χ4v) is 1.98. The molecule has 0 atom stereocenters. The van der Waals surface area contributed by atoms with Gasteiger partial charge in [0, 0.05) is 32.1 Å². The number of aliphatic hydroxyl groups excluding tert-OH is 1. The summed E-state index contributed by atoms with van der Waals surface area (Å²) >= 11 is 0. The quantitative estimate of drug-likeness (QED) is 0.716. The third-order valence-electron chi connectivity index (χ3n) is 2.78. The summed E-state index contributed by atoms with van der Waals surface area (Å²) in [6.45, 7) is 8.80. The Morgan fingerprint density at radius 1 is 1.16 bits per heavy atom.